The van der Waals surface area contributed by atoms with E-state index in [4.69, 9.17) is 0 Å². The number of amides is 1. The number of benzene rings is 1. The Hall–Kier alpha value is -1.42. The third kappa shape index (κ3) is 4.11. The van der Waals surface area contributed by atoms with Crippen molar-refractivity contribution in [3.05, 3.63) is 35.6 Å². The van der Waals surface area contributed by atoms with Gasteiger partial charge in [-0.3, -0.25) is 4.79 Å². The highest BCUT2D eigenvalue weighted by molar-refractivity contribution is 5.79. The quantitative estimate of drug-likeness (QED) is 0.888. The first-order valence-corrected chi connectivity index (χ1v) is 8.87. The van der Waals surface area contributed by atoms with Crippen molar-refractivity contribution in [3.8, 4) is 0 Å². The first-order chi connectivity index (χ1) is 11.1. The molecule has 0 heterocycles. The second-order valence-corrected chi connectivity index (χ2v) is 7.09. The largest absolute Gasteiger partial charge is 0.393 e. The van der Waals surface area contributed by atoms with E-state index >= 15 is 0 Å². The van der Waals surface area contributed by atoms with Gasteiger partial charge in [0.05, 0.1) is 12.1 Å². The topological polar surface area (TPSA) is 49.3 Å². The van der Waals surface area contributed by atoms with Gasteiger partial charge in [-0.05, 0) is 62.1 Å². The van der Waals surface area contributed by atoms with Gasteiger partial charge in [-0.15, -0.1) is 0 Å². The zero-order chi connectivity index (χ0) is 16.2. The summed E-state index contributed by atoms with van der Waals surface area (Å²) in [5, 5.41) is 12.8. The molecule has 2 N–H and O–H groups in total. The highest BCUT2D eigenvalue weighted by Crippen LogP contribution is 2.36. The Morgan fingerprint density at radius 2 is 1.65 bits per heavy atom. The average molecular weight is 319 g/mol. The van der Waals surface area contributed by atoms with Gasteiger partial charge in [-0.1, -0.05) is 25.0 Å². The summed E-state index contributed by atoms with van der Waals surface area (Å²) >= 11 is 0. The van der Waals surface area contributed by atoms with Crippen molar-refractivity contribution in [1.82, 2.24) is 5.32 Å². The molecule has 0 spiro atoms. The fraction of sp³-hybridized carbons (Fsp3) is 0.632. The normalized spacial score (nSPS) is 26.9. The third-order valence-electron chi connectivity index (χ3n) is 5.47. The molecule has 2 aliphatic rings. The average Bonchev–Trinajstić information content (AvgIpc) is 3.08. The van der Waals surface area contributed by atoms with Crippen LogP contribution in [-0.4, -0.2) is 17.1 Å². The van der Waals surface area contributed by atoms with Crippen molar-refractivity contribution < 1.29 is 14.3 Å². The van der Waals surface area contributed by atoms with Crippen LogP contribution in [0.25, 0.3) is 0 Å². The van der Waals surface area contributed by atoms with Gasteiger partial charge in [0.1, 0.15) is 5.82 Å². The number of aliphatic hydroxyl groups is 1. The van der Waals surface area contributed by atoms with Gasteiger partial charge >= 0.3 is 0 Å². The van der Waals surface area contributed by atoms with Crippen LogP contribution >= 0.6 is 0 Å². The second kappa shape index (κ2) is 7.43. The molecule has 1 aromatic rings. The van der Waals surface area contributed by atoms with Gasteiger partial charge < -0.3 is 10.4 Å². The van der Waals surface area contributed by atoms with Crippen molar-refractivity contribution >= 4 is 5.91 Å². The summed E-state index contributed by atoms with van der Waals surface area (Å²) < 4.78 is 13.2. The molecule has 0 aromatic heterocycles. The van der Waals surface area contributed by atoms with Crippen molar-refractivity contribution in [2.45, 2.75) is 63.5 Å². The minimum Gasteiger partial charge on any atom is -0.393 e. The van der Waals surface area contributed by atoms with E-state index in [2.05, 4.69) is 5.32 Å². The summed E-state index contributed by atoms with van der Waals surface area (Å²) in [6, 6.07) is 6.52. The van der Waals surface area contributed by atoms with Gasteiger partial charge in [-0.25, -0.2) is 4.39 Å². The van der Waals surface area contributed by atoms with Gasteiger partial charge in [0.2, 0.25) is 5.91 Å². The number of carbonyl (C=O) groups is 1. The van der Waals surface area contributed by atoms with Crippen LogP contribution in [0.3, 0.4) is 0 Å². The Morgan fingerprint density at radius 3 is 2.26 bits per heavy atom. The van der Waals surface area contributed by atoms with E-state index in [1.165, 1.54) is 25.0 Å². The number of rotatable bonds is 4. The number of hydrogen-bond donors (Lipinski definition) is 2. The molecule has 1 atom stereocenters. The summed E-state index contributed by atoms with van der Waals surface area (Å²) in [5.41, 5.74) is 1.00. The second-order valence-electron chi connectivity index (χ2n) is 7.09. The molecule has 23 heavy (non-hydrogen) atoms. The smallest absolute Gasteiger partial charge is 0.223 e. The van der Waals surface area contributed by atoms with E-state index in [0.29, 0.717) is 18.8 Å². The molecule has 0 unspecified atom stereocenters. The molecule has 1 amide bonds. The maximum absolute atomic E-state index is 13.2. The van der Waals surface area contributed by atoms with E-state index in [1.807, 2.05) is 0 Å². The van der Waals surface area contributed by atoms with E-state index in [-0.39, 0.29) is 29.8 Å². The Morgan fingerprint density at radius 1 is 1.04 bits per heavy atom. The molecule has 2 aliphatic carbocycles. The lowest BCUT2D eigenvalue weighted by Crippen LogP contribution is -2.38. The monoisotopic (exact) mass is 319 g/mol. The van der Waals surface area contributed by atoms with Crippen molar-refractivity contribution in [2.24, 2.45) is 11.8 Å². The zero-order valence-electron chi connectivity index (χ0n) is 13.5. The molecule has 3 rings (SSSR count). The third-order valence-corrected chi connectivity index (χ3v) is 5.47. The van der Waals surface area contributed by atoms with Crippen molar-refractivity contribution in [1.29, 1.82) is 0 Å². The summed E-state index contributed by atoms with van der Waals surface area (Å²) in [6.45, 7) is 0. The predicted octanol–water partition coefficient (Wildman–Crippen LogP) is 3.72. The van der Waals surface area contributed by atoms with Gasteiger partial charge in [0.15, 0.2) is 0 Å². The molecule has 126 valence electrons. The van der Waals surface area contributed by atoms with Crippen molar-refractivity contribution in [3.63, 3.8) is 0 Å². The van der Waals surface area contributed by atoms with Crippen LogP contribution in [0.1, 0.15) is 63.0 Å². The molecule has 0 radical (unpaired) electrons. The minimum atomic E-state index is -0.248. The lowest BCUT2D eigenvalue weighted by molar-refractivity contribution is -0.127. The number of hydrogen-bond acceptors (Lipinski definition) is 2. The van der Waals surface area contributed by atoms with Crippen LogP contribution in [0.5, 0.6) is 0 Å². The molecule has 1 aromatic carbocycles. The van der Waals surface area contributed by atoms with Gasteiger partial charge in [0, 0.05) is 5.92 Å². The molecule has 2 fully saturated rings. The minimum absolute atomic E-state index is 0.00255. The van der Waals surface area contributed by atoms with Crippen LogP contribution in [0, 0.1) is 17.7 Å². The molecular formula is C19H26FNO2. The van der Waals surface area contributed by atoms with Crippen LogP contribution in [-0.2, 0) is 4.79 Å². The van der Waals surface area contributed by atoms with Crippen LogP contribution < -0.4 is 5.32 Å². The summed E-state index contributed by atoms with van der Waals surface area (Å²) in [4.78, 5) is 12.6. The van der Waals surface area contributed by atoms with E-state index in [0.717, 1.165) is 31.2 Å². The Bertz CT molecular complexity index is 517. The molecule has 0 saturated heterocycles. The highest BCUT2D eigenvalue weighted by atomic mass is 19.1. The Kier molecular flexibility index (Phi) is 5.31. The van der Waals surface area contributed by atoms with Crippen LogP contribution in [0.15, 0.2) is 24.3 Å². The lowest BCUT2D eigenvalue weighted by atomic mass is 9.85. The fourth-order valence-corrected chi connectivity index (χ4v) is 4.04. The summed E-state index contributed by atoms with van der Waals surface area (Å²) in [5.74, 6) is 0.297. The first-order valence-electron chi connectivity index (χ1n) is 8.87. The number of halogens is 1. The maximum Gasteiger partial charge on any atom is 0.223 e. The number of aliphatic hydroxyl groups excluding tert-OH is 1. The van der Waals surface area contributed by atoms with E-state index < -0.39 is 0 Å². The highest BCUT2D eigenvalue weighted by Gasteiger charge is 2.31. The van der Waals surface area contributed by atoms with Crippen LogP contribution in [0.4, 0.5) is 4.39 Å². The lowest BCUT2D eigenvalue weighted by Gasteiger charge is -2.30. The molecule has 0 bridgehead atoms. The molecular weight excluding hydrogens is 293 g/mol. The van der Waals surface area contributed by atoms with Gasteiger partial charge in [0.25, 0.3) is 0 Å². The first kappa shape index (κ1) is 16.4. The summed E-state index contributed by atoms with van der Waals surface area (Å²) in [7, 11) is 0. The predicted molar refractivity (Wildman–Crippen MR) is 87.2 cm³/mol. The standard InChI is InChI=1S/C19H26FNO2/c20-16-9-5-14(6-10-16)18(13-3-1-2-4-13)21-19(23)15-7-11-17(22)12-8-15/h5-6,9-10,13,15,17-18,22H,1-4,7-8,11-12H2,(H,21,23)/t15?,17?,18-/m0/s1. The maximum atomic E-state index is 13.2. The summed E-state index contributed by atoms with van der Waals surface area (Å²) in [6.07, 6.45) is 7.33. The molecule has 4 heteroatoms. The Balaban J connectivity index is 1.70. The number of carbonyl (C=O) groups excluding carboxylic acids is 1. The zero-order valence-corrected chi connectivity index (χ0v) is 13.5. The number of nitrogens with one attached hydrogen (secondary N) is 1. The fourth-order valence-electron chi connectivity index (χ4n) is 4.04. The van der Waals surface area contributed by atoms with E-state index in [1.54, 1.807) is 12.1 Å². The SMILES string of the molecule is O=C(N[C@H](c1ccc(F)cc1)C1CCCC1)C1CCC(O)CC1. The molecule has 3 nitrogen and oxygen atoms in total. The van der Waals surface area contributed by atoms with E-state index in [9.17, 15) is 14.3 Å². The van der Waals surface area contributed by atoms with Crippen molar-refractivity contribution in [2.75, 3.05) is 0 Å². The van der Waals surface area contributed by atoms with Gasteiger partial charge in [-0.2, -0.15) is 0 Å². The molecule has 0 aliphatic heterocycles. The van der Waals surface area contributed by atoms with Crippen LogP contribution in [0.2, 0.25) is 0 Å². The Labute approximate surface area is 137 Å². The molecule has 2 saturated carbocycles.